The van der Waals surface area contributed by atoms with E-state index in [9.17, 15) is 15.3 Å². The number of anilines is 1. The first kappa shape index (κ1) is 19.0. The van der Waals surface area contributed by atoms with Crippen LogP contribution in [0.25, 0.3) is 11.1 Å². The Labute approximate surface area is 166 Å². The monoisotopic (exact) mass is 386 g/mol. The van der Waals surface area contributed by atoms with Crippen molar-refractivity contribution in [1.29, 1.82) is 10.5 Å². The fourth-order valence-corrected chi connectivity index (χ4v) is 3.63. The van der Waals surface area contributed by atoms with Gasteiger partial charge in [0.2, 0.25) is 0 Å². The third kappa shape index (κ3) is 3.66. The molecule has 0 radical (unpaired) electrons. The van der Waals surface area contributed by atoms with Crippen LogP contribution in [0.5, 0.6) is 0 Å². The van der Waals surface area contributed by atoms with Crippen LogP contribution in [0.3, 0.4) is 0 Å². The Balaban J connectivity index is 2.16. The number of ether oxygens (including phenoxy) is 1. The molecule has 7 heteroatoms. The molecule has 0 saturated heterocycles. The number of aromatic nitrogens is 1. The molecule has 0 aliphatic rings. The van der Waals surface area contributed by atoms with Crippen LogP contribution < -0.4 is 5.73 Å². The average Bonchev–Trinajstić information content (AvgIpc) is 2.73. The Morgan fingerprint density at radius 3 is 2.43 bits per heavy atom. The van der Waals surface area contributed by atoms with Crippen molar-refractivity contribution in [3.63, 3.8) is 0 Å². The lowest BCUT2D eigenvalue weighted by atomic mass is 9.97. The molecule has 0 aliphatic carbocycles. The van der Waals surface area contributed by atoms with E-state index in [-0.39, 0.29) is 16.9 Å². The molecule has 0 spiro atoms. The molecule has 0 amide bonds. The standard InChI is InChI=1S/C21H14N4O2S/c1-27-21(26)14-8-5-9-15(10-14)28-20-17(12-23)18(13-6-3-2-4-7-13)16(11-22)19(24)25-20/h2-10H,1H3,(H2,24,25). The van der Waals surface area contributed by atoms with Crippen LogP contribution in [0.4, 0.5) is 5.82 Å². The topological polar surface area (TPSA) is 113 Å². The number of carbonyl (C=O) groups excluding carboxylic acids is 1. The number of carbonyl (C=O) groups is 1. The lowest BCUT2D eigenvalue weighted by Gasteiger charge is -2.13. The van der Waals surface area contributed by atoms with E-state index in [2.05, 4.69) is 17.1 Å². The van der Waals surface area contributed by atoms with Crippen molar-refractivity contribution in [1.82, 2.24) is 4.98 Å². The van der Waals surface area contributed by atoms with Crippen LogP contribution >= 0.6 is 11.8 Å². The van der Waals surface area contributed by atoms with E-state index in [1.54, 1.807) is 24.3 Å². The highest BCUT2D eigenvalue weighted by Gasteiger charge is 2.21. The van der Waals surface area contributed by atoms with Crippen molar-refractivity contribution in [2.45, 2.75) is 9.92 Å². The van der Waals surface area contributed by atoms with E-state index in [1.165, 1.54) is 18.9 Å². The molecule has 0 saturated carbocycles. The summed E-state index contributed by atoms with van der Waals surface area (Å²) in [6.45, 7) is 0. The second-order valence-electron chi connectivity index (χ2n) is 5.64. The summed E-state index contributed by atoms with van der Waals surface area (Å²) in [7, 11) is 1.31. The lowest BCUT2D eigenvalue weighted by molar-refractivity contribution is 0.0600. The van der Waals surface area contributed by atoms with Gasteiger partial charge in [-0.15, -0.1) is 0 Å². The van der Waals surface area contributed by atoms with Gasteiger partial charge in [-0.05, 0) is 23.8 Å². The van der Waals surface area contributed by atoms with Crippen molar-refractivity contribution in [3.8, 4) is 23.3 Å². The summed E-state index contributed by atoms with van der Waals surface area (Å²) in [6, 6.07) is 20.1. The summed E-state index contributed by atoms with van der Waals surface area (Å²) >= 11 is 1.19. The first-order chi connectivity index (χ1) is 13.6. The van der Waals surface area contributed by atoms with Gasteiger partial charge in [0, 0.05) is 10.5 Å². The van der Waals surface area contributed by atoms with Gasteiger partial charge in [-0.3, -0.25) is 0 Å². The van der Waals surface area contributed by atoms with E-state index in [4.69, 9.17) is 10.5 Å². The molecule has 6 nitrogen and oxygen atoms in total. The molecule has 0 unspecified atom stereocenters. The van der Waals surface area contributed by atoms with Gasteiger partial charge in [-0.2, -0.15) is 10.5 Å². The summed E-state index contributed by atoms with van der Waals surface area (Å²) in [4.78, 5) is 16.7. The molecule has 3 aromatic rings. The predicted octanol–water partition coefficient (Wildman–Crippen LogP) is 4.01. The van der Waals surface area contributed by atoms with Crippen LogP contribution in [0.2, 0.25) is 0 Å². The number of methoxy groups -OCH3 is 1. The van der Waals surface area contributed by atoms with Crippen LogP contribution in [-0.4, -0.2) is 18.1 Å². The zero-order valence-corrected chi connectivity index (χ0v) is 15.7. The average molecular weight is 386 g/mol. The smallest absolute Gasteiger partial charge is 0.337 e. The summed E-state index contributed by atoms with van der Waals surface area (Å²) in [6.07, 6.45) is 0. The van der Waals surface area contributed by atoms with E-state index >= 15 is 0 Å². The van der Waals surface area contributed by atoms with E-state index in [0.29, 0.717) is 26.6 Å². The van der Waals surface area contributed by atoms with Crippen molar-refractivity contribution in [2.75, 3.05) is 12.8 Å². The van der Waals surface area contributed by atoms with Gasteiger partial charge < -0.3 is 10.5 Å². The number of hydrogen-bond acceptors (Lipinski definition) is 7. The van der Waals surface area contributed by atoms with Gasteiger partial charge in [-0.25, -0.2) is 9.78 Å². The van der Waals surface area contributed by atoms with Crippen LogP contribution in [0.1, 0.15) is 21.5 Å². The summed E-state index contributed by atoms with van der Waals surface area (Å²) in [5.74, 6) is -0.410. The third-order valence-corrected chi connectivity index (χ3v) is 4.93. The molecule has 0 aliphatic heterocycles. The van der Waals surface area contributed by atoms with E-state index in [0.717, 1.165) is 0 Å². The molecule has 1 heterocycles. The largest absolute Gasteiger partial charge is 0.465 e. The molecule has 2 N–H and O–H groups in total. The van der Waals surface area contributed by atoms with Crippen LogP contribution in [0.15, 0.2) is 64.5 Å². The molecular weight excluding hydrogens is 372 g/mol. The molecule has 0 bridgehead atoms. The number of hydrogen-bond donors (Lipinski definition) is 1. The van der Waals surface area contributed by atoms with Crippen molar-refractivity contribution in [2.24, 2.45) is 0 Å². The SMILES string of the molecule is COC(=O)c1cccc(Sc2nc(N)c(C#N)c(-c3ccccc3)c2C#N)c1. The Morgan fingerprint density at radius 2 is 1.79 bits per heavy atom. The van der Waals surface area contributed by atoms with Crippen molar-refractivity contribution in [3.05, 3.63) is 71.3 Å². The lowest BCUT2D eigenvalue weighted by Crippen LogP contribution is -2.03. The van der Waals surface area contributed by atoms with Gasteiger partial charge in [0.25, 0.3) is 0 Å². The summed E-state index contributed by atoms with van der Waals surface area (Å²) in [5.41, 5.74) is 7.97. The fraction of sp³-hybridized carbons (Fsp3) is 0.0476. The first-order valence-electron chi connectivity index (χ1n) is 8.14. The van der Waals surface area contributed by atoms with Crippen molar-refractivity contribution >= 4 is 23.5 Å². The van der Waals surface area contributed by atoms with Crippen LogP contribution in [-0.2, 0) is 4.74 Å². The minimum absolute atomic E-state index is 0.0481. The first-order valence-corrected chi connectivity index (χ1v) is 8.96. The number of esters is 1. The zero-order valence-electron chi connectivity index (χ0n) is 14.8. The Kier molecular flexibility index (Phi) is 5.59. The van der Waals surface area contributed by atoms with Gasteiger partial charge in [0.1, 0.15) is 28.5 Å². The molecule has 0 fully saturated rings. The number of rotatable bonds is 4. The highest BCUT2D eigenvalue weighted by Crippen LogP contribution is 2.38. The quantitative estimate of drug-likeness (QED) is 0.674. The minimum atomic E-state index is -0.458. The molecule has 0 atom stereocenters. The third-order valence-electron chi connectivity index (χ3n) is 3.95. The number of nitrogens with two attached hydrogens (primary N) is 1. The molecule has 3 rings (SSSR count). The second-order valence-corrected chi connectivity index (χ2v) is 6.70. The maximum Gasteiger partial charge on any atom is 0.337 e. The van der Waals surface area contributed by atoms with Crippen molar-refractivity contribution < 1.29 is 9.53 Å². The van der Waals surface area contributed by atoms with Gasteiger partial charge in [0.05, 0.1) is 18.2 Å². The maximum absolute atomic E-state index is 11.8. The summed E-state index contributed by atoms with van der Waals surface area (Å²) < 4.78 is 4.74. The minimum Gasteiger partial charge on any atom is -0.465 e. The number of nitriles is 2. The number of nitrogen functional groups attached to an aromatic ring is 1. The highest BCUT2D eigenvalue weighted by molar-refractivity contribution is 7.99. The number of pyridine rings is 1. The predicted molar refractivity (Wildman–Crippen MR) is 105 cm³/mol. The number of nitrogens with zero attached hydrogens (tertiary/aromatic N) is 3. The molecule has 136 valence electrons. The summed E-state index contributed by atoms with van der Waals surface area (Å²) in [5, 5.41) is 19.7. The zero-order chi connectivity index (χ0) is 20.1. The Hall–Kier alpha value is -3.81. The normalized spacial score (nSPS) is 9.96. The molecule has 2 aromatic carbocycles. The highest BCUT2D eigenvalue weighted by atomic mass is 32.2. The molecular formula is C21H14N4O2S. The van der Waals surface area contributed by atoms with E-state index < -0.39 is 5.97 Å². The maximum atomic E-state index is 11.8. The molecule has 28 heavy (non-hydrogen) atoms. The van der Waals surface area contributed by atoms with Gasteiger partial charge >= 0.3 is 5.97 Å². The Morgan fingerprint density at radius 1 is 1.07 bits per heavy atom. The molecule has 1 aromatic heterocycles. The van der Waals surface area contributed by atoms with Crippen LogP contribution in [0, 0.1) is 22.7 Å². The Bertz CT molecular complexity index is 1130. The second kappa shape index (κ2) is 8.26. The fourth-order valence-electron chi connectivity index (χ4n) is 2.68. The van der Waals surface area contributed by atoms with E-state index in [1.807, 2.05) is 30.3 Å². The van der Waals surface area contributed by atoms with Gasteiger partial charge in [-0.1, -0.05) is 48.2 Å². The number of benzene rings is 2. The van der Waals surface area contributed by atoms with Gasteiger partial charge in [0.15, 0.2) is 0 Å².